The van der Waals surface area contributed by atoms with Crippen molar-refractivity contribution in [2.24, 2.45) is 0 Å². The largest absolute Gasteiger partial charge is 0.492 e. The van der Waals surface area contributed by atoms with Crippen LogP contribution >= 0.6 is 24.8 Å². The van der Waals surface area contributed by atoms with Gasteiger partial charge >= 0.3 is 0 Å². The Morgan fingerprint density at radius 2 is 1.41 bits per heavy atom. The van der Waals surface area contributed by atoms with E-state index in [-0.39, 0.29) is 24.8 Å². The molecule has 4 nitrogen and oxygen atoms in total. The number of piperazine rings is 1. The number of hydrogen-bond acceptors (Lipinski definition) is 4. The van der Waals surface area contributed by atoms with E-state index in [0.29, 0.717) is 12.6 Å². The molecule has 1 aliphatic rings. The highest BCUT2D eigenvalue weighted by molar-refractivity contribution is 5.85. The second-order valence-corrected chi connectivity index (χ2v) is 7.23. The first-order chi connectivity index (χ1) is 13.2. The number of hydrogen-bond donors (Lipinski definition) is 0. The van der Waals surface area contributed by atoms with Crippen LogP contribution in [-0.4, -0.2) is 55.2 Å². The summed E-state index contributed by atoms with van der Waals surface area (Å²) in [5.74, 6) is 1.77. The summed E-state index contributed by atoms with van der Waals surface area (Å²) in [7, 11) is 0. The summed E-state index contributed by atoms with van der Waals surface area (Å²) in [6.45, 7) is 11.5. The molecule has 162 valence electrons. The summed E-state index contributed by atoms with van der Waals surface area (Å²) in [5.41, 5.74) is 1.17. The molecular weight excluding hydrogens is 407 g/mol. The average Bonchev–Trinajstić information content (AvgIpc) is 2.74. The van der Waals surface area contributed by atoms with E-state index in [9.17, 15) is 0 Å². The van der Waals surface area contributed by atoms with Crippen LogP contribution < -0.4 is 9.47 Å². The zero-order valence-corrected chi connectivity index (χ0v) is 19.1. The maximum absolute atomic E-state index is 5.91. The molecule has 0 aliphatic carbocycles. The average molecular weight is 441 g/mol. The van der Waals surface area contributed by atoms with E-state index in [4.69, 9.17) is 9.47 Å². The molecule has 1 aliphatic heterocycles. The molecule has 1 unspecified atom stereocenters. The Bertz CT molecular complexity index is 662. The van der Waals surface area contributed by atoms with Crippen LogP contribution in [0.5, 0.6) is 11.5 Å². The van der Waals surface area contributed by atoms with E-state index < -0.39 is 0 Å². The number of ether oxygens (including phenoxy) is 2. The maximum atomic E-state index is 5.91. The third-order valence-corrected chi connectivity index (χ3v) is 5.37. The zero-order valence-electron chi connectivity index (χ0n) is 17.5. The molecule has 0 radical (unpaired) electrons. The first-order valence-electron chi connectivity index (χ1n) is 10.1. The van der Waals surface area contributed by atoms with Gasteiger partial charge in [-0.25, -0.2) is 0 Å². The number of rotatable bonds is 9. The van der Waals surface area contributed by atoms with Crippen molar-refractivity contribution in [3.8, 4) is 11.5 Å². The molecule has 1 saturated heterocycles. The minimum absolute atomic E-state index is 0. The topological polar surface area (TPSA) is 24.9 Å². The molecule has 1 atom stereocenters. The van der Waals surface area contributed by atoms with E-state index in [1.165, 1.54) is 25.1 Å². The van der Waals surface area contributed by atoms with Gasteiger partial charge in [-0.3, -0.25) is 9.80 Å². The molecule has 0 saturated carbocycles. The van der Waals surface area contributed by atoms with E-state index in [1.807, 2.05) is 42.5 Å². The quantitative estimate of drug-likeness (QED) is 0.553. The zero-order chi connectivity index (χ0) is 18.9. The van der Waals surface area contributed by atoms with Gasteiger partial charge in [0.15, 0.2) is 0 Å². The monoisotopic (exact) mass is 440 g/mol. The SMILES string of the molecule is CCC(C)N1CCN(CCOc2ccc(OCc3ccccc3)cc2)CC1.Cl.Cl. The normalized spacial score (nSPS) is 15.7. The molecule has 0 amide bonds. The van der Waals surface area contributed by atoms with Crippen molar-refractivity contribution in [2.75, 3.05) is 39.3 Å². The minimum Gasteiger partial charge on any atom is -0.492 e. The van der Waals surface area contributed by atoms with E-state index >= 15 is 0 Å². The Hall–Kier alpha value is -1.46. The van der Waals surface area contributed by atoms with Gasteiger partial charge in [0.05, 0.1) is 0 Å². The van der Waals surface area contributed by atoms with Crippen molar-refractivity contribution in [2.45, 2.75) is 32.9 Å². The Balaban J connectivity index is 0.00000210. The highest BCUT2D eigenvalue weighted by Crippen LogP contribution is 2.19. The lowest BCUT2D eigenvalue weighted by molar-refractivity contribution is 0.0905. The van der Waals surface area contributed by atoms with Gasteiger partial charge in [0.25, 0.3) is 0 Å². The molecule has 0 N–H and O–H groups in total. The van der Waals surface area contributed by atoms with Gasteiger partial charge < -0.3 is 9.47 Å². The summed E-state index contributed by atoms with van der Waals surface area (Å²) in [6, 6.07) is 18.8. The Morgan fingerprint density at radius 3 is 2.00 bits per heavy atom. The van der Waals surface area contributed by atoms with Crippen molar-refractivity contribution in [1.29, 1.82) is 0 Å². The lowest BCUT2D eigenvalue weighted by Crippen LogP contribution is -2.50. The first kappa shape index (κ1) is 25.6. The Morgan fingerprint density at radius 1 is 0.828 bits per heavy atom. The molecule has 0 bridgehead atoms. The number of benzene rings is 2. The lowest BCUT2D eigenvalue weighted by Gasteiger charge is -2.37. The minimum atomic E-state index is 0. The van der Waals surface area contributed by atoms with E-state index in [2.05, 4.69) is 35.8 Å². The smallest absolute Gasteiger partial charge is 0.120 e. The summed E-state index contributed by atoms with van der Waals surface area (Å²) < 4.78 is 11.7. The van der Waals surface area contributed by atoms with Gasteiger partial charge in [-0.1, -0.05) is 37.3 Å². The van der Waals surface area contributed by atoms with Gasteiger partial charge in [0.2, 0.25) is 0 Å². The fourth-order valence-corrected chi connectivity index (χ4v) is 3.35. The van der Waals surface area contributed by atoms with Crippen molar-refractivity contribution >= 4 is 24.8 Å². The van der Waals surface area contributed by atoms with Gasteiger partial charge in [-0.2, -0.15) is 0 Å². The molecule has 3 rings (SSSR count). The predicted molar refractivity (Wildman–Crippen MR) is 125 cm³/mol. The second-order valence-electron chi connectivity index (χ2n) is 7.23. The molecule has 29 heavy (non-hydrogen) atoms. The standard InChI is InChI=1S/C23H32N2O2.2ClH/c1-3-20(2)25-15-13-24(14-16-25)17-18-26-22-9-11-23(12-10-22)27-19-21-7-5-4-6-8-21;;/h4-12,20H,3,13-19H2,1-2H3;2*1H. The predicted octanol–water partition coefficient (Wildman–Crippen LogP) is 4.90. The van der Waals surface area contributed by atoms with Crippen LogP contribution in [0.25, 0.3) is 0 Å². The highest BCUT2D eigenvalue weighted by atomic mass is 35.5. The molecule has 6 heteroatoms. The van der Waals surface area contributed by atoms with Gasteiger partial charge in [0, 0.05) is 38.8 Å². The van der Waals surface area contributed by atoms with Crippen molar-refractivity contribution in [1.82, 2.24) is 9.80 Å². The molecule has 2 aromatic carbocycles. The highest BCUT2D eigenvalue weighted by Gasteiger charge is 2.19. The van der Waals surface area contributed by atoms with Crippen LogP contribution in [0.3, 0.4) is 0 Å². The van der Waals surface area contributed by atoms with Gasteiger partial charge in [-0.05, 0) is 43.2 Å². The summed E-state index contributed by atoms with van der Waals surface area (Å²) in [5, 5.41) is 0. The molecule has 1 heterocycles. The van der Waals surface area contributed by atoms with Gasteiger partial charge in [-0.15, -0.1) is 24.8 Å². The second kappa shape index (κ2) is 13.7. The third kappa shape index (κ3) is 8.43. The van der Waals surface area contributed by atoms with Crippen LogP contribution in [0, 0.1) is 0 Å². The summed E-state index contributed by atoms with van der Waals surface area (Å²) in [6.07, 6.45) is 1.23. The number of nitrogens with zero attached hydrogens (tertiary/aromatic N) is 2. The van der Waals surface area contributed by atoms with Crippen molar-refractivity contribution < 1.29 is 9.47 Å². The van der Waals surface area contributed by atoms with Crippen LogP contribution in [0.4, 0.5) is 0 Å². The van der Waals surface area contributed by atoms with Crippen molar-refractivity contribution in [3.63, 3.8) is 0 Å². The Kier molecular flexibility index (Phi) is 12.1. The lowest BCUT2D eigenvalue weighted by atomic mass is 10.2. The van der Waals surface area contributed by atoms with Gasteiger partial charge in [0.1, 0.15) is 24.7 Å². The van der Waals surface area contributed by atoms with Crippen LogP contribution in [-0.2, 0) is 6.61 Å². The maximum Gasteiger partial charge on any atom is 0.120 e. The third-order valence-electron chi connectivity index (χ3n) is 5.37. The van der Waals surface area contributed by atoms with Crippen molar-refractivity contribution in [3.05, 3.63) is 60.2 Å². The van der Waals surface area contributed by atoms with Crippen LogP contribution in [0.2, 0.25) is 0 Å². The summed E-state index contributed by atoms with van der Waals surface area (Å²) in [4.78, 5) is 5.09. The van der Waals surface area contributed by atoms with E-state index in [0.717, 1.165) is 37.7 Å². The van der Waals surface area contributed by atoms with E-state index in [1.54, 1.807) is 0 Å². The fraction of sp³-hybridized carbons (Fsp3) is 0.478. The molecule has 1 fully saturated rings. The summed E-state index contributed by atoms with van der Waals surface area (Å²) >= 11 is 0. The van der Waals surface area contributed by atoms with Crippen LogP contribution in [0.15, 0.2) is 54.6 Å². The fourth-order valence-electron chi connectivity index (χ4n) is 3.35. The molecule has 2 aromatic rings. The number of halogens is 2. The molecule has 0 aromatic heterocycles. The molecular formula is C23H34Cl2N2O2. The molecule has 0 spiro atoms. The Labute approximate surface area is 188 Å². The first-order valence-corrected chi connectivity index (χ1v) is 10.1. The van der Waals surface area contributed by atoms with Crippen LogP contribution in [0.1, 0.15) is 25.8 Å².